The van der Waals surface area contributed by atoms with E-state index in [4.69, 9.17) is 0 Å². The molecule has 1 aliphatic rings. The number of anilines is 1. The van der Waals surface area contributed by atoms with Crippen LogP contribution in [0.5, 0.6) is 0 Å². The van der Waals surface area contributed by atoms with Crippen LogP contribution in [0, 0.1) is 0 Å². The van der Waals surface area contributed by atoms with Crippen molar-refractivity contribution in [2.75, 3.05) is 12.4 Å². The third kappa shape index (κ3) is 3.19. The predicted octanol–water partition coefficient (Wildman–Crippen LogP) is 0.251. The average molecular weight is 274 g/mol. The normalized spacial score (nSPS) is 14.1. The van der Waals surface area contributed by atoms with Gasteiger partial charge in [-0.25, -0.2) is 5.43 Å². The summed E-state index contributed by atoms with van der Waals surface area (Å²) in [5.41, 5.74) is 3.61. The predicted molar refractivity (Wildman–Crippen MR) is 73.3 cm³/mol. The molecule has 0 atom stereocenters. The fourth-order valence-electron chi connectivity index (χ4n) is 1.69. The Labute approximate surface area is 115 Å². The minimum absolute atomic E-state index is 0.192. The quantitative estimate of drug-likeness (QED) is 0.736. The lowest BCUT2D eigenvalue weighted by molar-refractivity contribution is -0.121. The Balaban J connectivity index is 2.01. The maximum Gasteiger partial charge on any atom is 0.271 e. The van der Waals surface area contributed by atoms with Crippen LogP contribution in [0.4, 0.5) is 5.69 Å². The van der Waals surface area contributed by atoms with Crippen LogP contribution in [-0.2, 0) is 9.59 Å². The molecule has 3 amide bonds. The van der Waals surface area contributed by atoms with E-state index >= 15 is 0 Å². The van der Waals surface area contributed by atoms with Crippen LogP contribution in [-0.4, -0.2) is 30.5 Å². The number of benzene rings is 1. The number of carbonyl (C=O) groups excluding carboxylic acids is 3. The highest BCUT2D eigenvalue weighted by Crippen LogP contribution is 2.10. The van der Waals surface area contributed by atoms with Crippen molar-refractivity contribution in [3.63, 3.8) is 0 Å². The van der Waals surface area contributed by atoms with E-state index in [1.54, 1.807) is 31.3 Å². The molecule has 1 aromatic carbocycles. The number of nitrogens with one attached hydrogen (secondary N) is 3. The number of hydrogen-bond acceptors (Lipinski definition) is 4. The lowest BCUT2D eigenvalue weighted by atomic mass is 10.1. The molecule has 7 nitrogen and oxygen atoms in total. The van der Waals surface area contributed by atoms with Crippen LogP contribution >= 0.6 is 0 Å². The van der Waals surface area contributed by atoms with Crippen molar-refractivity contribution in [1.82, 2.24) is 10.7 Å². The van der Waals surface area contributed by atoms with Gasteiger partial charge in [-0.2, -0.15) is 5.10 Å². The Bertz CT molecular complexity index is 578. The number of nitrogens with zero attached hydrogens (tertiary/aromatic N) is 1. The van der Waals surface area contributed by atoms with Gasteiger partial charge in [-0.3, -0.25) is 14.4 Å². The standard InChI is InChI=1S/C13H14N4O3/c1-14-12(19)8-2-4-9(5-3-8)15-13(20)10-6-7-11(18)17-16-10/h2-5H,6-7H2,1H3,(H,14,19)(H,15,20)(H,17,18). The summed E-state index contributed by atoms with van der Waals surface area (Å²) in [6, 6.07) is 6.48. The van der Waals surface area contributed by atoms with Crippen LogP contribution in [0.25, 0.3) is 0 Å². The number of hydrazone groups is 1. The van der Waals surface area contributed by atoms with Crippen LogP contribution in [0.2, 0.25) is 0 Å². The summed E-state index contributed by atoms with van der Waals surface area (Å²) in [6.45, 7) is 0. The van der Waals surface area contributed by atoms with Crippen LogP contribution in [0.1, 0.15) is 23.2 Å². The van der Waals surface area contributed by atoms with Gasteiger partial charge in [0.15, 0.2) is 0 Å². The molecule has 104 valence electrons. The number of rotatable bonds is 3. The zero-order valence-electron chi connectivity index (χ0n) is 10.9. The third-order valence-electron chi connectivity index (χ3n) is 2.80. The molecule has 0 fully saturated rings. The van der Waals surface area contributed by atoms with Gasteiger partial charge in [-0.15, -0.1) is 0 Å². The summed E-state index contributed by atoms with van der Waals surface area (Å²) in [5.74, 6) is -0.753. The smallest absolute Gasteiger partial charge is 0.271 e. The van der Waals surface area contributed by atoms with Gasteiger partial charge < -0.3 is 10.6 Å². The molecule has 0 saturated heterocycles. The van der Waals surface area contributed by atoms with E-state index in [0.29, 0.717) is 17.7 Å². The Morgan fingerprint density at radius 2 is 1.85 bits per heavy atom. The van der Waals surface area contributed by atoms with Gasteiger partial charge >= 0.3 is 0 Å². The largest absolute Gasteiger partial charge is 0.355 e. The van der Waals surface area contributed by atoms with Gasteiger partial charge in [0, 0.05) is 31.1 Å². The number of carbonyl (C=O) groups is 3. The molecule has 2 rings (SSSR count). The van der Waals surface area contributed by atoms with Crippen LogP contribution < -0.4 is 16.1 Å². The zero-order valence-corrected chi connectivity index (χ0v) is 10.9. The summed E-state index contributed by atoms with van der Waals surface area (Å²) in [5, 5.41) is 8.88. The fraction of sp³-hybridized carbons (Fsp3) is 0.231. The lowest BCUT2D eigenvalue weighted by Crippen LogP contribution is -2.32. The Kier molecular flexibility index (Phi) is 4.09. The van der Waals surface area contributed by atoms with Gasteiger partial charge in [0.25, 0.3) is 11.8 Å². The van der Waals surface area contributed by atoms with E-state index in [2.05, 4.69) is 21.2 Å². The third-order valence-corrected chi connectivity index (χ3v) is 2.80. The molecule has 0 saturated carbocycles. The second kappa shape index (κ2) is 5.96. The molecular weight excluding hydrogens is 260 g/mol. The highest BCUT2D eigenvalue weighted by molar-refractivity contribution is 6.43. The maximum absolute atomic E-state index is 11.9. The van der Waals surface area contributed by atoms with Gasteiger partial charge in [-0.1, -0.05) is 0 Å². The molecule has 7 heteroatoms. The first-order chi connectivity index (χ1) is 9.60. The minimum Gasteiger partial charge on any atom is -0.355 e. The molecule has 3 N–H and O–H groups in total. The molecule has 1 aliphatic heterocycles. The van der Waals surface area contributed by atoms with E-state index in [0.717, 1.165) is 0 Å². The van der Waals surface area contributed by atoms with Crippen molar-refractivity contribution in [3.05, 3.63) is 29.8 Å². The molecular formula is C13H14N4O3. The minimum atomic E-state index is -0.363. The average Bonchev–Trinajstić information content (AvgIpc) is 2.48. The molecule has 0 aliphatic carbocycles. The van der Waals surface area contributed by atoms with Gasteiger partial charge in [0.1, 0.15) is 5.71 Å². The van der Waals surface area contributed by atoms with Gasteiger partial charge in [0.05, 0.1) is 0 Å². The first kappa shape index (κ1) is 13.7. The molecule has 1 heterocycles. The highest BCUT2D eigenvalue weighted by Gasteiger charge is 2.18. The molecule has 0 spiro atoms. The topological polar surface area (TPSA) is 99.7 Å². The summed E-state index contributed by atoms with van der Waals surface area (Å²) in [7, 11) is 1.55. The van der Waals surface area contributed by atoms with Crippen molar-refractivity contribution >= 4 is 29.1 Å². The van der Waals surface area contributed by atoms with Gasteiger partial charge in [0.2, 0.25) is 5.91 Å². The molecule has 0 unspecified atom stereocenters. The zero-order chi connectivity index (χ0) is 14.5. The first-order valence-corrected chi connectivity index (χ1v) is 6.09. The SMILES string of the molecule is CNC(=O)c1ccc(NC(=O)C2=NNC(=O)CC2)cc1. The second-order valence-electron chi connectivity index (χ2n) is 4.20. The summed E-state index contributed by atoms with van der Waals surface area (Å²) >= 11 is 0. The monoisotopic (exact) mass is 274 g/mol. The first-order valence-electron chi connectivity index (χ1n) is 6.09. The van der Waals surface area contributed by atoms with Crippen molar-refractivity contribution in [1.29, 1.82) is 0 Å². The van der Waals surface area contributed by atoms with E-state index in [9.17, 15) is 14.4 Å². The molecule has 0 radical (unpaired) electrons. The lowest BCUT2D eigenvalue weighted by Gasteiger charge is -2.12. The summed E-state index contributed by atoms with van der Waals surface area (Å²) in [4.78, 5) is 34.2. The van der Waals surface area contributed by atoms with Crippen molar-refractivity contribution < 1.29 is 14.4 Å². The number of hydrogen-bond donors (Lipinski definition) is 3. The fourth-order valence-corrected chi connectivity index (χ4v) is 1.69. The van der Waals surface area contributed by atoms with Gasteiger partial charge in [-0.05, 0) is 24.3 Å². The maximum atomic E-state index is 11.9. The van der Waals surface area contributed by atoms with Crippen LogP contribution in [0.3, 0.4) is 0 Å². The summed E-state index contributed by atoms with van der Waals surface area (Å²) in [6.07, 6.45) is 0.565. The number of amides is 3. The van der Waals surface area contributed by atoms with Crippen LogP contribution in [0.15, 0.2) is 29.4 Å². The Morgan fingerprint density at radius 3 is 2.40 bits per heavy atom. The molecule has 1 aromatic rings. The van der Waals surface area contributed by atoms with E-state index in [1.807, 2.05) is 0 Å². The molecule has 20 heavy (non-hydrogen) atoms. The van der Waals surface area contributed by atoms with Crippen molar-refractivity contribution in [2.45, 2.75) is 12.8 Å². The Hall–Kier alpha value is -2.70. The van der Waals surface area contributed by atoms with E-state index < -0.39 is 0 Å². The summed E-state index contributed by atoms with van der Waals surface area (Å²) < 4.78 is 0. The highest BCUT2D eigenvalue weighted by atomic mass is 16.2. The molecule has 0 aromatic heterocycles. The van der Waals surface area contributed by atoms with Crippen molar-refractivity contribution in [3.8, 4) is 0 Å². The molecule has 0 bridgehead atoms. The van der Waals surface area contributed by atoms with Crippen molar-refractivity contribution in [2.24, 2.45) is 5.10 Å². The second-order valence-corrected chi connectivity index (χ2v) is 4.20. The Morgan fingerprint density at radius 1 is 1.15 bits per heavy atom. The van der Waals surface area contributed by atoms with E-state index in [-0.39, 0.29) is 29.9 Å². The van der Waals surface area contributed by atoms with E-state index in [1.165, 1.54) is 0 Å².